The Bertz CT molecular complexity index is 559. The molecule has 118 valence electrons. The van der Waals surface area contributed by atoms with Crippen molar-refractivity contribution in [3.8, 4) is 0 Å². The molecule has 0 bridgehead atoms. The second-order valence-electron chi connectivity index (χ2n) is 3.56. The van der Waals surface area contributed by atoms with Crippen LogP contribution >= 0.6 is 11.8 Å². The SMILES string of the molecule is O=[N+]([O-])c1ccc(F)c(SC(F)(F)C(F)(F)C(F)(F)F)c1. The molecule has 0 radical (unpaired) electrons. The smallest absolute Gasteiger partial charge is 0.258 e. The molecule has 0 aromatic heterocycles. The fraction of sp³-hybridized carbons (Fsp3) is 0.333. The maximum atomic E-state index is 13.1. The number of hydrogen-bond acceptors (Lipinski definition) is 3. The predicted octanol–water partition coefficient (Wildman–Crippen LogP) is 4.62. The average molecular weight is 341 g/mol. The van der Waals surface area contributed by atoms with Crippen LogP contribution < -0.4 is 0 Å². The van der Waals surface area contributed by atoms with Gasteiger partial charge in [0.2, 0.25) is 0 Å². The zero-order chi connectivity index (χ0) is 16.6. The third kappa shape index (κ3) is 3.36. The van der Waals surface area contributed by atoms with Crippen LogP contribution in [0.15, 0.2) is 23.1 Å². The Balaban J connectivity index is 3.21. The lowest BCUT2D eigenvalue weighted by Gasteiger charge is -2.27. The van der Waals surface area contributed by atoms with Crippen LogP contribution in [0.1, 0.15) is 0 Å². The van der Waals surface area contributed by atoms with Crippen LogP contribution in [0.3, 0.4) is 0 Å². The molecule has 1 aromatic rings. The van der Waals surface area contributed by atoms with Gasteiger partial charge in [0, 0.05) is 12.1 Å². The third-order valence-corrected chi connectivity index (χ3v) is 3.13. The fourth-order valence-corrected chi connectivity index (χ4v) is 1.92. The van der Waals surface area contributed by atoms with E-state index in [1.807, 2.05) is 0 Å². The van der Waals surface area contributed by atoms with Gasteiger partial charge >= 0.3 is 17.4 Å². The van der Waals surface area contributed by atoms with Gasteiger partial charge in [-0.15, -0.1) is 0 Å². The van der Waals surface area contributed by atoms with Gasteiger partial charge in [-0.25, -0.2) is 4.39 Å². The van der Waals surface area contributed by atoms with Crippen molar-refractivity contribution in [3.63, 3.8) is 0 Å². The topological polar surface area (TPSA) is 43.1 Å². The Morgan fingerprint density at radius 3 is 2.00 bits per heavy atom. The van der Waals surface area contributed by atoms with Crippen LogP contribution in [-0.2, 0) is 0 Å². The first-order valence-electron chi connectivity index (χ1n) is 4.75. The van der Waals surface area contributed by atoms with Gasteiger partial charge in [0.25, 0.3) is 5.69 Å². The first-order chi connectivity index (χ1) is 9.29. The Morgan fingerprint density at radius 1 is 1.05 bits per heavy atom. The number of benzene rings is 1. The van der Waals surface area contributed by atoms with Gasteiger partial charge < -0.3 is 0 Å². The van der Waals surface area contributed by atoms with Crippen molar-refractivity contribution < 1.29 is 40.0 Å². The molecule has 0 aliphatic carbocycles. The van der Waals surface area contributed by atoms with Gasteiger partial charge in [-0.3, -0.25) is 10.1 Å². The second kappa shape index (κ2) is 5.31. The lowest BCUT2D eigenvalue weighted by Crippen LogP contribution is -2.50. The molecule has 0 aliphatic heterocycles. The highest BCUT2D eigenvalue weighted by Crippen LogP contribution is 2.54. The number of thioether (sulfide) groups is 1. The summed E-state index contributed by atoms with van der Waals surface area (Å²) < 4.78 is 100. The summed E-state index contributed by atoms with van der Waals surface area (Å²) >= 11 is -1.44. The number of rotatable bonds is 4. The number of halogens is 8. The van der Waals surface area contributed by atoms with E-state index in [1.165, 1.54) is 0 Å². The van der Waals surface area contributed by atoms with E-state index >= 15 is 0 Å². The Kier molecular flexibility index (Phi) is 4.42. The molecular formula is C9H3F8NO2S. The van der Waals surface area contributed by atoms with Gasteiger partial charge in [0.1, 0.15) is 5.82 Å². The molecule has 0 fully saturated rings. The zero-order valence-electron chi connectivity index (χ0n) is 9.43. The average Bonchev–Trinajstić information content (AvgIpc) is 2.29. The van der Waals surface area contributed by atoms with Crippen molar-refractivity contribution in [2.75, 3.05) is 0 Å². The normalized spacial score (nSPS) is 13.3. The Morgan fingerprint density at radius 2 is 1.57 bits per heavy atom. The minimum absolute atomic E-state index is 0.139. The summed E-state index contributed by atoms with van der Waals surface area (Å²) in [6, 6.07) is 0.988. The highest BCUT2D eigenvalue weighted by molar-refractivity contribution is 8.00. The van der Waals surface area contributed by atoms with Crippen molar-refractivity contribution >= 4 is 17.4 Å². The summed E-state index contributed by atoms with van der Waals surface area (Å²) in [5.41, 5.74) is -0.940. The summed E-state index contributed by atoms with van der Waals surface area (Å²) in [5.74, 6) is -8.04. The van der Waals surface area contributed by atoms with Crippen LogP contribution in [-0.4, -0.2) is 22.3 Å². The molecule has 0 spiro atoms. The lowest BCUT2D eigenvalue weighted by molar-refractivity contribution is -0.385. The van der Waals surface area contributed by atoms with E-state index in [-0.39, 0.29) is 6.07 Å². The van der Waals surface area contributed by atoms with Crippen LogP contribution in [0.25, 0.3) is 0 Å². The van der Waals surface area contributed by atoms with Gasteiger partial charge in [0.05, 0.1) is 9.82 Å². The number of nitro benzene ring substituents is 1. The largest absolute Gasteiger partial charge is 0.460 e. The molecule has 0 atom stereocenters. The minimum Gasteiger partial charge on any atom is -0.258 e. The van der Waals surface area contributed by atoms with E-state index < -0.39 is 50.4 Å². The number of nitrogens with zero attached hydrogens (tertiary/aromatic N) is 1. The molecule has 1 rings (SSSR count). The summed E-state index contributed by atoms with van der Waals surface area (Å²) in [6.07, 6.45) is -6.57. The molecule has 21 heavy (non-hydrogen) atoms. The van der Waals surface area contributed by atoms with E-state index in [4.69, 9.17) is 0 Å². The molecule has 0 N–H and O–H groups in total. The Labute approximate surface area is 115 Å². The van der Waals surface area contributed by atoms with Gasteiger partial charge in [-0.1, -0.05) is 0 Å². The van der Waals surface area contributed by atoms with Crippen molar-refractivity contribution in [1.29, 1.82) is 0 Å². The molecule has 3 nitrogen and oxygen atoms in total. The molecule has 0 heterocycles. The maximum Gasteiger partial charge on any atom is 0.460 e. The molecule has 12 heteroatoms. The highest BCUT2D eigenvalue weighted by Gasteiger charge is 2.73. The van der Waals surface area contributed by atoms with Crippen molar-refractivity contribution in [1.82, 2.24) is 0 Å². The highest BCUT2D eigenvalue weighted by atomic mass is 32.2. The summed E-state index contributed by atoms with van der Waals surface area (Å²) in [7, 11) is 0. The first-order valence-corrected chi connectivity index (χ1v) is 5.56. The summed E-state index contributed by atoms with van der Waals surface area (Å²) in [6.45, 7) is 0. The van der Waals surface area contributed by atoms with Crippen molar-refractivity contribution in [2.24, 2.45) is 0 Å². The minimum atomic E-state index is -6.57. The van der Waals surface area contributed by atoms with Gasteiger partial charge in [0.15, 0.2) is 0 Å². The third-order valence-electron chi connectivity index (χ3n) is 2.09. The maximum absolute atomic E-state index is 13.1. The number of non-ortho nitro benzene ring substituents is 1. The molecule has 0 unspecified atom stereocenters. The fourth-order valence-electron chi connectivity index (χ4n) is 1.05. The Hall–Kier alpha value is -1.59. The summed E-state index contributed by atoms with van der Waals surface area (Å²) in [4.78, 5) is 7.79. The van der Waals surface area contributed by atoms with Crippen LogP contribution in [0.5, 0.6) is 0 Å². The molecular weight excluding hydrogens is 338 g/mol. The number of hydrogen-bond donors (Lipinski definition) is 0. The van der Waals surface area contributed by atoms with Crippen LogP contribution in [0.4, 0.5) is 40.8 Å². The zero-order valence-corrected chi connectivity index (χ0v) is 10.2. The molecule has 0 aliphatic rings. The van der Waals surface area contributed by atoms with E-state index in [0.29, 0.717) is 12.1 Å². The predicted molar refractivity (Wildman–Crippen MR) is 54.9 cm³/mol. The van der Waals surface area contributed by atoms with E-state index in [1.54, 1.807) is 0 Å². The van der Waals surface area contributed by atoms with E-state index in [0.717, 1.165) is 0 Å². The van der Waals surface area contributed by atoms with Crippen molar-refractivity contribution in [3.05, 3.63) is 34.1 Å². The molecule has 0 saturated carbocycles. The first kappa shape index (κ1) is 17.5. The van der Waals surface area contributed by atoms with Gasteiger partial charge in [-0.2, -0.15) is 30.7 Å². The molecule has 0 saturated heterocycles. The number of nitro groups is 1. The van der Waals surface area contributed by atoms with Crippen LogP contribution in [0.2, 0.25) is 0 Å². The number of alkyl halides is 7. The summed E-state index contributed by atoms with van der Waals surface area (Å²) in [5, 5.41) is 4.60. The van der Waals surface area contributed by atoms with Crippen molar-refractivity contribution in [2.45, 2.75) is 22.2 Å². The quantitative estimate of drug-likeness (QED) is 0.347. The van der Waals surface area contributed by atoms with E-state index in [2.05, 4.69) is 0 Å². The standard InChI is InChI=1S/C9H3F8NO2S/c10-5-2-1-4(18(19)20)3-6(5)21-9(16,17)7(11,12)8(13,14)15/h1-3H. The van der Waals surface area contributed by atoms with Crippen LogP contribution in [0, 0.1) is 15.9 Å². The lowest BCUT2D eigenvalue weighted by atomic mass is 10.3. The molecule has 0 amide bonds. The van der Waals surface area contributed by atoms with Gasteiger partial charge in [-0.05, 0) is 17.8 Å². The second-order valence-corrected chi connectivity index (χ2v) is 4.72. The van der Waals surface area contributed by atoms with E-state index in [9.17, 15) is 45.2 Å². The monoisotopic (exact) mass is 341 g/mol. The molecule has 1 aromatic carbocycles.